The Morgan fingerprint density at radius 1 is 1.28 bits per heavy atom. The second-order valence-corrected chi connectivity index (χ2v) is 6.26. The van der Waals surface area contributed by atoms with Crippen molar-refractivity contribution in [2.75, 3.05) is 0 Å². The van der Waals surface area contributed by atoms with Gasteiger partial charge >= 0.3 is 0 Å². The van der Waals surface area contributed by atoms with Gasteiger partial charge in [-0.2, -0.15) is 0 Å². The summed E-state index contributed by atoms with van der Waals surface area (Å²) in [6.07, 6.45) is 6.09. The van der Waals surface area contributed by atoms with Gasteiger partial charge in [-0.1, -0.05) is 31.0 Å². The lowest BCUT2D eigenvalue weighted by Gasteiger charge is -2.14. The molecule has 1 heterocycles. The van der Waals surface area contributed by atoms with Crippen LogP contribution in [0.5, 0.6) is 0 Å². The van der Waals surface area contributed by atoms with Crippen LogP contribution in [-0.2, 0) is 6.42 Å². The van der Waals surface area contributed by atoms with Gasteiger partial charge in [0.15, 0.2) is 0 Å². The maximum atomic E-state index is 5.67. The monoisotopic (exact) mass is 261 g/mol. The molecule has 1 atom stereocenters. The standard InChI is InChI=1S/C14H19N3S/c15-17-14(16-11-6-2-3-7-11)13-9-10-5-1-4-8-12(10)18-13/h1,4-5,8,11,13H,2-3,6-7,9,15H2,(H,16,17). The molecule has 1 saturated carbocycles. The summed E-state index contributed by atoms with van der Waals surface area (Å²) in [7, 11) is 0. The van der Waals surface area contributed by atoms with Crippen LogP contribution in [-0.4, -0.2) is 17.1 Å². The highest BCUT2D eigenvalue weighted by Crippen LogP contribution is 2.37. The third kappa shape index (κ3) is 2.40. The highest BCUT2D eigenvalue weighted by atomic mass is 32.2. The van der Waals surface area contributed by atoms with E-state index in [1.54, 1.807) is 0 Å². The zero-order chi connectivity index (χ0) is 12.4. The third-order valence-electron chi connectivity index (χ3n) is 3.75. The molecule has 0 bridgehead atoms. The minimum absolute atomic E-state index is 0.369. The smallest absolute Gasteiger partial charge is 0.125 e. The summed E-state index contributed by atoms with van der Waals surface area (Å²) in [5, 5.41) is 0.369. The average Bonchev–Trinajstić information content (AvgIpc) is 3.04. The molecule has 96 valence electrons. The maximum Gasteiger partial charge on any atom is 0.125 e. The number of benzene rings is 1. The molecular weight excluding hydrogens is 242 g/mol. The summed E-state index contributed by atoms with van der Waals surface area (Å²) in [6.45, 7) is 0. The first kappa shape index (κ1) is 12.1. The van der Waals surface area contributed by atoms with Crippen LogP contribution in [0.2, 0.25) is 0 Å². The van der Waals surface area contributed by atoms with Gasteiger partial charge in [-0.3, -0.25) is 4.99 Å². The molecule has 2 aliphatic rings. The highest BCUT2D eigenvalue weighted by Gasteiger charge is 2.27. The number of hydrogen-bond donors (Lipinski definition) is 2. The first-order valence-corrected chi connectivity index (χ1v) is 7.53. The molecule has 3 rings (SSSR count). The number of thioether (sulfide) groups is 1. The Bertz CT molecular complexity index is 427. The molecule has 1 aliphatic heterocycles. The van der Waals surface area contributed by atoms with Crippen LogP contribution in [0.4, 0.5) is 0 Å². The van der Waals surface area contributed by atoms with Gasteiger partial charge in [0.05, 0.1) is 11.3 Å². The molecule has 1 fully saturated rings. The van der Waals surface area contributed by atoms with E-state index >= 15 is 0 Å². The molecule has 3 nitrogen and oxygen atoms in total. The molecule has 1 aromatic rings. The predicted octanol–water partition coefficient (Wildman–Crippen LogP) is 2.51. The summed E-state index contributed by atoms with van der Waals surface area (Å²) in [4.78, 5) is 6.19. The molecule has 0 radical (unpaired) electrons. The van der Waals surface area contributed by atoms with Gasteiger partial charge in [-0.15, -0.1) is 11.8 Å². The summed E-state index contributed by atoms with van der Waals surface area (Å²) in [5.41, 5.74) is 4.25. The Labute approximate surface area is 112 Å². The molecule has 1 unspecified atom stereocenters. The lowest BCUT2D eigenvalue weighted by atomic mass is 10.1. The van der Waals surface area contributed by atoms with Crippen molar-refractivity contribution < 1.29 is 0 Å². The Morgan fingerprint density at radius 2 is 2.06 bits per heavy atom. The van der Waals surface area contributed by atoms with Crippen molar-refractivity contribution in [1.82, 2.24) is 5.43 Å². The Hall–Kier alpha value is -1.00. The van der Waals surface area contributed by atoms with Crippen molar-refractivity contribution in [3.63, 3.8) is 0 Å². The van der Waals surface area contributed by atoms with E-state index < -0.39 is 0 Å². The Kier molecular flexibility index (Phi) is 3.57. The summed E-state index contributed by atoms with van der Waals surface area (Å²) < 4.78 is 0. The first-order valence-electron chi connectivity index (χ1n) is 6.65. The predicted molar refractivity (Wildman–Crippen MR) is 76.8 cm³/mol. The number of rotatable bonds is 2. The fraction of sp³-hybridized carbons (Fsp3) is 0.500. The van der Waals surface area contributed by atoms with Gasteiger partial charge in [0, 0.05) is 4.90 Å². The number of fused-ring (bicyclic) bond motifs is 1. The minimum atomic E-state index is 0.369. The molecule has 3 N–H and O–H groups in total. The van der Waals surface area contributed by atoms with Crippen LogP contribution in [0, 0.1) is 0 Å². The van der Waals surface area contributed by atoms with Crippen LogP contribution in [0.3, 0.4) is 0 Å². The lowest BCUT2D eigenvalue weighted by molar-refractivity contribution is 0.695. The van der Waals surface area contributed by atoms with Crippen molar-refractivity contribution in [1.29, 1.82) is 0 Å². The number of nitrogens with two attached hydrogens (primary N) is 1. The molecule has 18 heavy (non-hydrogen) atoms. The molecule has 1 aromatic carbocycles. The van der Waals surface area contributed by atoms with Crippen LogP contribution < -0.4 is 11.3 Å². The summed E-state index contributed by atoms with van der Waals surface area (Å²) >= 11 is 1.88. The van der Waals surface area contributed by atoms with E-state index in [9.17, 15) is 0 Å². The van der Waals surface area contributed by atoms with Crippen LogP contribution in [0.15, 0.2) is 34.2 Å². The van der Waals surface area contributed by atoms with E-state index in [1.807, 2.05) is 11.8 Å². The van der Waals surface area contributed by atoms with Crippen molar-refractivity contribution >= 4 is 17.6 Å². The number of nitrogens with zero attached hydrogens (tertiary/aromatic N) is 1. The van der Waals surface area contributed by atoms with Crippen LogP contribution in [0.1, 0.15) is 31.2 Å². The van der Waals surface area contributed by atoms with Gasteiger partial charge in [0.1, 0.15) is 5.84 Å². The van der Waals surface area contributed by atoms with E-state index in [4.69, 9.17) is 10.8 Å². The molecule has 0 amide bonds. The summed E-state index contributed by atoms with van der Waals surface area (Å²) in [6, 6.07) is 9.07. The quantitative estimate of drug-likeness (QED) is 0.372. The van der Waals surface area contributed by atoms with Gasteiger partial charge in [-0.05, 0) is 30.9 Å². The number of hydrogen-bond acceptors (Lipinski definition) is 3. The van der Waals surface area contributed by atoms with Gasteiger partial charge in [-0.25, -0.2) is 5.84 Å². The molecular formula is C14H19N3S. The number of nitrogens with one attached hydrogen (secondary N) is 1. The molecule has 1 aliphatic carbocycles. The van der Waals surface area contributed by atoms with Crippen LogP contribution in [0.25, 0.3) is 0 Å². The SMILES string of the molecule is NNC(=NC1CCCC1)C1Cc2ccccc2S1. The van der Waals surface area contributed by atoms with Crippen molar-refractivity contribution in [3.05, 3.63) is 29.8 Å². The Balaban J connectivity index is 1.75. The highest BCUT2D eigenvalue weighted by molar-refractivity contribution is 8.01. The number of amidine groups is 1. The molecule has 0 spiro atoms. The minimum Gasteiger partial charge on any atom is -0.311 e. The fourth-order valence-electron chi connectivity index (χ4n) is 2.78. The van der Waals surface area contributed by atoms with Crippen molar-refractivity contribution in [2.45, 2.75) is 48.3 Å². The van der Waals surface area contributed by atoms with E-state index in [-0.39, 0.29) is 0 Å². The van der Waals surface area contributed by atoms with E-state index in [0.29, 0.717) is 11.3 Å². The average molecular weight is 261 g/mol. The molecule has 0 aromatic heterocycles. The molecule has 0 saturated heterocycles. The van der Waals surface area contributed by atoms with Gasteiger partial charge in [0.2, 0.25) is 0 Å². The second-order valence-electron chi connectivity index (χ2n) is 5.02. The van der Waals surface area contributed by atoms with E-state index in [0.717, 1.165) is 12.3 Å². The second kappa shape index (κ2) is 5.33. The topological polar surface area (TPSA) is 50.4 Å². The zero-order valence-electron chi connectivity index (χ0n) is 10.4. The fourth-order valence-corrected chi connectivity index (χ4v) is 4.05. The third-order valence-corrected chi connectivity index (χ3v) is 5.07. The number of aliphatic imine (C=N–C) groups is 1. The lowest BCUT2D eigenvalue weighted by Crippen LogP contribution is -2.38. The van der Waals surface area contributed by atoms with Gasteiger partial charge < -0.3 is 5.43 Å². The zero-order valence-corrected chi connectivity index (χ0v) is 11.2. The summed E-state index contributed by atoms with van der Waals surface area (Å²) in [5.74, 6) is 6.65. The van der Waals surface area contributed by atoms with Gasteiger partial charge in [0.25, 0.3) is 0 Å². The van der Waals surface area contributed by atoms with Crippen LogP contribution >= 0.6 is 11.8 Å². The Morgan fingerprint density at radius 3 is 2.78 bits per heavy atom. The maximum absolute atomic E-state index is 5.67. The van der Waals surface area contributed by atoms with E-state index in [2.05, 4.69) is 29.7 Å². The first-order chi connectivity index (χ1) is 8.86. The van der Waals surface area contributed by atoms with Crippen molar-refractivity contribution in [2.24, 2.45) is 10.8 Å². The largest absolute Gasteiger partial charge is 0.311 e. The van der Waals surface area contributed by atoms with Crippen molar-refractivity contribution in [3.8, 4) is 0 Å². The van der Waals surface area contributed by atoms with E-state index in [1.165, 1.54) is 36.1 Å². The normalized spacial score (nSPS) is 24.3. The number of hydrazine groups is 1. The molecule has 4 heteroatoms.